The molecule has 1 atom stereocenters. The number of hydrogen-bond acceptors (Lipinski definition) is 4. The van der Waals surface area contributed by atoms with Crippen molar-refractivity contribution in [2.45, 2.75) is 19.6 Å². The minimum Gasteiger partial charge on any atom is -0.485 e. The Labute approximate surface area is 207 Å². The molecule has 2 amide bonds. The van der Waals surface area contributed by atoms with E-state index < -0.39 is 41.3 Å². The van der Waals surface area contributed by atoms with E-state index in [2.05, 4.69) is 15.6 Å². The number of rotatable bonds is 8. The van der Waals surface area contributed by atoms with Gasteiger partial charge in [0.15, 0.2) is 34.7 Å². The molecule has 0 aliphatic heterocycles. The summed E-state index contributed by atoms with van der Waals surface area (Å²) in [6, 6.07) is 8.73. The van der Waals surface area contributed by atoms with E-state index in [0.29, 0.717) is 0 Å². The number of imidazole rings is 1. The fourth-order valence-electron chi connectivity index (χ4n) is 3.75. The first-order valence-electron chi connectivity index (χ1n) is 10.9. The largest absolute Gasteiger partial charge is 0.485 e. The zero-order valence-electron chi connectivity index (χ0n) is 19.3. The van der Waals surface area contributed by atoms with Crippen molar-refractivity contribution in [2.75, 3.05) is 6.54 Å². The van der Waals surface area contributed by atoms with Crippen LogP contribution in [0.5, 0.6) is 5.75 Å². The fraction of sp³-hybridized carbons (Fsp3) is 0.160. The maximum absolute atomic E-state index is 14.0. The number of pyridine rings is 1. The van der Waals surface area contributed by atoms with E-state index in [-0.39, 0.29) is 47.1 Å². The molecule has 0 radical (unpaired) electrons. The van der Waals surface area contributed by atoms with Gasteiger partial charge in [0.2, 0.25) is 0 Å². The number of carbonyl (C=O) groups is 2. The number of carbonyl (C=O) groups excluding carboxylic acids is 1. The average Bonchev–Trinajstić information content (AvgIpc) is 3.20. The van der Waals surface area contributed by atoms with Crippen molar-refractivity contribution in [3.63, 3.8) is 0 Å². The standard InChI is InChI=1S/C25H20F4N4O4/c1-13-22(24(34)32-19(11-30-25(35)36)14-7-8-16(26)18(28)10-14)33-9-3-6-20(23(33)31-13)37-12-15-4-2-5-17(27)21(15)29/h2-10,19,30H,11-12H2,1H3,(H,32,34)(H,35,36). The van der Waals surface area contributed by atoms with Crippen molar-refractivity contribution in [2.24, 2.45) is 0 Å². The summed E-state index contributed by atoms with van der Waals surface area (Å²) in [5, 5.41) is 13.7. The second-order valence-electron chi connectivity index (χ2n) is 8.00. The summed E-state index contributed by atoms with van der Waals surface area (Å²) >= 11 is 0. The molecule has 12 heteroatoms. The summed E-state index contributed by atoms with van der Waals surface area (Å²) in [5.41, 5.74) is 0.688. The zero-order valence-corrected chi connectivity index (χ0v) is 19.3. The fourth-order valence-corrected chi connectivity index (χ4v) is 3.75. The van der Waals surface area contributed by atoms with Crippen LogP contribution >= 0.6 is 0 Å². The molecular weight excluding hydrogens is 496 g/mol. The van der Waals surface area contributed by atoms with Crippen molar-refractivity contribution < 1.29 is 37.0 Å². The molecule has 4 aromatic rings. The van der Waals surface area contributed by atoms with E-state index in [1.807, 2.05) is 0 Å². The van der Waals surface area contributed by atoms with E-state index in [0.717, 1.165) is 18.2 Å². The number of aryl methyl sites for hydroxylation is 1. The molecule has 0 bridgehead atoms. The van der Waals surface area contributed by atoms with E-state index in [4.69, 9.17) is 9.84 Å². The number of benzene rings is 2. The topological polar surface area (TPSA) is 105 Å². The summed E-state index contributed by atoms with van der Waals surface area (Å²) < 4.78 is 61.8. The molecule has 3 N–H and O–H groups in total. The lowest BCUT2D eigenvalue weighted by Crippen LogP contribution is -2.38. The van der Waals surface area contributed by atoms with Gasteiger partial charge in [0, 0.05) is 18.3 Å². The lowest BCUT2D eigenvalue weighted by Gasteiger charge is -2.19. The van der Waals surface area contributed by atoms with Crippen molar-refractivity contribution in [3.05, 3.63) is 101 Å². The van der Waals surface area contributed by atoms with Crippen molar-refractivity contribution in [3.8, 4) is 5.75 Å². The van der Waals surface area contributed by atoms with Gasteiger partial charge in [0.1, 0.15) is 12.3 Å². The molecule has 1 unspecified atom stereocenters. The number of halogens is 4. The summed E-state index contributed by atoms with van der Waals surface area (Å²) in [5.74, 6) is -4.79. The third kappa shape index (κ3) is 5.47. The lowest BCUT2D eigenvalue weighted by molar-refractivity contribution is 0.0928. The number of aromatic nitrogens is 2. The summed E-state index contributed by atoms with van der Waals surface area (Å²) in [6.45, 7) is 0.936. The first-order chi connectivity index (χ1) is 17.7. The molecule has 0 aliphatic rings. The highest BCUT2D eigenvalue weighted by Gasteiger charge is 2.24. The van der Waals surface area contributed by atoms with Gasteiger partial charge >= 0.3 is 6.09 Å². The number of nitrogens with one attached hydrogen (secondary N) is 2. The van der Waals surface area contributed by atoms with Crippen molar-refractivity contribution in [1.29, 1.82) is 0 Å². The maximum Gasteiger partial charge on any atom is 0.404 e. The van der Waals surface area contributed by atoms with Gasteiger partial charge in [-0.25, -0.2) is 27.3 Å². The minimum atomic E-state index is -1.37. The number of ether oxygens (including phenoxy) is 1. The summed E-state index contributed by atoms with van der Waals surface area (Å²) in [4.78, 5) is 28.6. The Bertz CT molecular complexity index is 1490. The molecule has 4 rings (SSSR count). The third-order valence-electron chi connectivity index (χ3n) is 5.53. The highest BCUT2D eigenvalue weighted by Crippen LogP contribution is 2.25. The van der Waals surface area contributed by atoms with Gasteiger partial charge in [-0.05, 0) is 42.8 Å². The Morgan fingerprint density at radius 1 is 1.05 bits per heavy atom. The molecule has 8 nitrogen and oxygen atoms in total. The van der Waals surface area contributed by atoms with Crippen LogP contribution in [0.2, 0.25) is 0 Å². The number of nitrogens with zero attached hydrogens (tertiary/aromatic N) is 2. The maximum atomic E-state index is 14.0. The Morgan fingerprint density at radius 2 is 1.84 bits per heavy atom. The van der Waals surface area contributed by atoms with Crippen LogP contribution in [0.25, 0.3) is 5.65 Å². The lowest BCUT2D eigenvalue weighted by atomic mass is 10.1. The molecule has 0 fully saturated rings. The third-order valence-corrected chi connectivity index (χ3v) is 5.53. The molecule has 0 aliphatic carbocycles. The Hall–Kier alpha value is -4.61. The quantitative estimate of drug-likeness (QED) is 0.299. The Kier molecular flexibility index (Phi) is 7.27. The van der Waals surface area contributed by atoms with Crippen LogP contribution in [0, 0.1) is 30.2 Å². The number of carboxylic acid groups (broad SMARTS) is 1. The second-order valence-corrected chi connectivity index (χ2v) is 8.00. The molecule has 2 aromatic carbocycles. The zero-order chi connectivity index (χ0) is 26.7. The highest BCUT2D eigenvalue weighted by molar-refractivity contribution is 5.95. The van der Waals surface area contributed by atoms with Gasteiger partial charge in [-0.1, -0.05) is 18.2 Å². The van der Waals surface area contributed by atoms with Crippen LogP contribution in [0.4, 0.5) is 22.4 Å². The first-order valence-corrected chi connectivity index (χ1v) is 10.9. The van der Waals surface area contributed by atoms with E-state index >= 15 is 0 Å². The van der Waals surface area contributed by atoms with Crippen LogP contribution < -0.4 is 15.4 Å². The monoisotopic (exact) mass is 516 g/mol. The smallest absolute Gasteiger partial charge is 0.404 e. The highest BCUT2D eigenvalue weighted by atomic mass is 19.2. The normalized spacial score (nSPS) is 11.8. The first kappa shape index (κ1) is 25.5. The van der Waals surface area contributed by atoms with Crippen LogP contribution in [-0.2, 0) is 6.61 Å². The second kappa shape index (κ2) is 10.6. The minimum absolute atomic E-state index is 0.0106. The SMILES string of the molecule is Cc1nc2c(OCc3cccc(F)c3F)cccn2c1C(=O)NC(CNC(=O)O)c1ccc(F)c(F)c1. The number of fused-ring (bicyclic) bond motifs is 1. The van der Waals surface area contributed by atoms with E-state index in [1.54, 1.807) is 19.1 Å². The van der Waals surface area contributed by atoms with E-state index in [1.165, 1.54) is 28.8 Å². The predicted molar refractivity (Wildman–Crippen MR) is 123 cm³/mol. The molecular formula is C25H20F4N4O4. The van der Waals surface area contributed by atoms with Gasteiger partial charge in [-0.3, -0.25) is 9.20 Å². The van der Waals surface area contributed by atoms with Gasteiger partial charge in [-0.2, -0.15) is 0 Å². The van der Waals surface area contributed by atoms with Gasteiger partial charge < -0.3 is 20.5 Å². The molecule has 0 saturated carbocycles. The molecule has 37 heavy (non-hydrogen) atoms. The van der Waals surface area contributed by atoms with Gasteiger partial charge in [0.05, 0.1) is 11.7 Å². The molecule has 2 aromatic heterocycles. The summed E-state index contributed by atoms with van der Waals surface area (Å²) in [6.07, 6.45) is 0.159. The van der Waals surface area contributed by atoms with Crippen LogP contribution in [-0.4, -0.2) is 33.0 Å². The van der Waals surface area contributed by atoms with Crippen LogP contribution in [0.1, 0.15) is 33.4 Å². The number of amides is 2. The Morgan fingerprint density at radius 3 is 2.57 bits per heavy atom. The van der Waals surface area contributed by atoms with Crippen molar-refractivity contribution in [1.82, 2.24) is 20.0 Å². The van der Waals surface area contributed by atoms with Gasteiger partial charge in [-0.15, -0.1) is 0 Å². The average molecular weight is 516 g/mol. The van der Waals surface area contributed by atoms with Crippen LogP contribution in [0.15, 0.2) is 54.7 Å². The van der Waals surface area contributed by atoms with Crippen LogP contribution in [0.3, 0.4) is 0 Å². The molecule has 2 heterocycles. The molecule has 0 spiro atoms. The van der Waals surface area contributed by atoms with Crippen molar-refractivity contribution >= 4 is 17.6 Å². The Balaban J connectivity index is 1.62. The molecule has 192 valence electrons. The van der Waals surface area contributed by atoms with Gasteiger partial charge in [0.25, 0.3) is 5.91 Å². The summed E-state index contributed by atoms with van der Waals surface area (Å²) in [7, 11) is 0. The van der Waals surface area contributed by atoms with E-state index in [9.17, 15) is 27.2 Å². The predicted octanol–water partition coefficient (Wildman–Crippen LogP) is 4.52. The number of hydrogen-bond donors (Lipinski definition) is 3. The molecule has 0 saturated heterocycles.